The summed E-state index contributed by atoms with van der Waals surface area (Å²) >= 11 is 0. The minimum absolute atomic E-state index is 0.146. The Bertz CT molecular complexity index is 203. The number of aromatic hydroxyl groups is 1. The van der Waals surface area contributed by atoms with Gasteiger partial charge in [-0.3, -0.25) is 0 Å². The van der Waals surface area contributed by atoms with Gasteiger partial charge in [-0.15, -0.1) is 0 Å². The quantitative estimate of drug-likeness (QED) is 0.552. The number of aliphatic hydroxyl groups is 3. The molecular formula is C10H16O4. The molecule has 0 atom stereocenters. The Hall–Kier alpha value is -1.10. The zero-order valence-corrected chi connectivity index (χ0v) is 7.87. The van der Waals surface area contributed by atoms with Crippen LogP contribution in [0, 0.1) is 5.92 Å². The third-order valence-electron chi connectivity index (χ3n) is 1.53. The lowest BCUT2D eigenvalue weighted by molar-refractivity contribution is 0.0969. The van der Waals surface area contributed by atoms with E-state index in [0.29, 0.717) is 5.75 Å². The van der Waals surface area contributed by atoms with Crippen molar-refractivity contribution in [3.63, 3.8) is 0 Å². The first kappa shape index (κ1) is 12.9. The normalized spacial score (nSPS) is 9.43. The van der Waals surface area contributed by atoms with Crippen molar-refractivity contribution < 1.29 is 20.4 Å². The monoisotopic (exact) mass is 200 g/mol. The summed E-state index contributed by atoms with van der Waals surface area (Å²) in [5.41, 5.74) is 0. The van der Waals surface area contributed by atoms with Crippen LogP contribution in [0.15, 0.2) is 30.3 Å². The number of phenolic OH excluding ortho intramolecular Hbond substituents is 1. The predicted molar refractivity (Wildman–Crippen MR) is 52.9 cm³/mol. The van der Waals surface area contributed by atoms with Gasteiger partial charge in [-0.05, 0) is 12.1 Å². The number of benzene rings is 1. The second-order valence-electron chi connectivity index (χ2n) is 2.75. The standard InChI is InChI=1S/C6H6O.C4H10O3/c7-6-4-2-1-3-5-6;5-1-4(2-6)3-7/h1-5,7H;4-7H,1-3H2. The van der Waals surface area contributed by atoms with Crippen molar-refractivity contribution in [3.8, 4) is 5.75 Å². The largest absolute Gasteiger partial charge is 0.508 e. The average Bonchev–Trinajstić information content (AvgIpc) is 2.22. The van der Waals surface area contributed by atoms with E-state index in [1.807, 2.05) is 6.07 Å². The summed E-state index contributed by atoms with van der Waals surface area (Å²) in [5.74, 6) is -0.0255. The molecule has 0 bridgehead atoms. The summed E-state index contributed by atoms with van der Waals surface area (Å²) in [6.07, 6.45) is 0. The fourth-order valence-corrected chi connectivity index (χ4v) is 0.601. The van der Waals surface area contributed by atoms with Crippen LogP contribution in [0.2, 0.25) is 0 Å². The van der Waals surface area contributed by atoms with Crippen molar-refractivity contribution in [3.05, 3.63) is 30.3 Å². The SMILES string of the molecule is OCC(CO)CO.Oc1ccccc1. The molecule has 4 nitrogen and oxygen atoms in total. The van der Waals surface area contributed by atoms with Crippen LogP contribution in [0.3, 0.4) is 0 Å². The number of para-hydroxylation sites is 1. The van der Waals surface area contributed by atoms with E-state index in [-0.39, 0.29) is 25.7 Å². The molecule has 0 radical (unpaired) electrons. The van der Waals surface area contributed by atoms with Gasteiger partial charge in [-0.1, -0.05) is 18.2 Å². The number of phenols is 1. The second-order valence-corrected chi connectivity index (χ2v) is 2.75. The Morgan fingerprint density at radius 3 is 1.43 bits per heavy atom. The van der Waals surface area contributed by atoms with Gasteiger partial charge < -0.3 is 20.4 Å². The van der Waals surface area contributed by atoms with E-state index in [0.717, 1.165) is 0 Å². The van der Waals surface area contributed by atoms with E-state index in [2.05, 4.69) is 0 Å². The van der Waals surface area contributed by atoms with E-state index in [1.165, 1.54) is 0 Å². The van der Waals surface area contributed by atoms with Gasteiger partial charge in [-0.2, -0.15) is 0 Å². The molecule has 0 aliphatic carbocycles. The minimum atomic E-state index is -0.347. The maximum Gasteiger partial charge on any atom is 0.115 e. The molecule has 80 valence electrons. The summed E-state index contributed by atoms with van der Waals surface area (Å²) in [5, 5.41) is 33.3. The molecule has 0 aliphatic heterocycles. The molecule has 14 heavy (non-hydrogen) atoms. The molecule has 0 fully saturated rings. The third-order valence-corrected chi connectivity index (χ3v) is 1.53. The van der Waals surface area contributed by atoms with Gasteiger partial charge in [-0.25, -0.2) is 0 Å². The summed E-state index contributed by atoms with van der Waals surface area (Å²) < 4.78 is 0. The van der Waals surface area contributed by atoms with E-state index < -0.39 is 0 Å². The lowest BCUT2D eigenvalue weighted by Gasteiger charge is -2.02. The molecule has 4 heteroatoms. The summed E-state index contributed by atoms with van der Waals surface area (Å²) in [4.78, 5) is 0. The topological polar surface area (TPSA) is 80.9 Å². The van der Waals surface area contributed by atoms with Crippen LogP contribution in [0.1, 0.15) is 0 Å². The summed E-state index contributed by atoms with van der Waals surface area (Å²) in [6.45, 7) is -0.437. The van der Waals surface area contributed by atoms with Crippen LogP contribution in [-0.4, -0.2) is 40.2 Å². The number of hydrogen-bond donors (Lipinski definition) is 4. The van der Waals surface area contributed by atoms with Crippen LogP contribution in [0.25, 0.3) is 0 Å². The Kier molecular flexibility index (Phi) is 7.83. The highest BCUT2D eigenvalue weighted by atomic mass is 16.3. The van der Waals surface area contributed by atoms with Crippen molar-refractivity contribution >= 4 is 0 Å². The fourth-order valence-electron chi connectivity index (χ4n) is 0.601. The Morgan fingerprint density at radius 1 is 0.857 bits per heavy atom. The Balaban J connectivity index is 0.000000241. The summed E-state index contributed by atoms with van der Waals surface area (Å²) in [6, 6.07) is 8.71. The fraction of sp³-hybridized carbons (Fsp3) is 0.400. The molecule has 0 saturated carbocycles. The lowest BCUT2D eigenvalue weighted by atomic mass is 10.2. The van der Waals surface area contributed by atoms with Gasteiger partial charge >= 0.3 is 0 Å². The first-order valence-corrected chi connectivity index (χ1v) is 4.31. The Morgan fingerprint density at radius 2 is 1.29 bits per heavy atom. The number of hydrogen-bond acceptors (Lipinski definition) is 4. The van der Waals surface area contributed by atoms with Crippen molar-refractivity contribution in [1.82, 2.24) is 0 Å². The highest BCUT2D eigenvalue weighted by Crippen LogP contribution is 2.02. The van der Waals surface area contributed by atoms with E-state index in [9.17, 15) is 0 Å². The van der Waals surface area contributed by atoms with Gasteiger partial charge in [0, 0.05) is 5.92 Å². The van der Waals surface area contributed by atoms with Crippen molar-refractivity contribution in [2.75, 3.05) is 19.8 Å². The molecule has 0 aromatic heterocycles. The molecule has 0 aliphatic rings. The van der Waals surface area contributed by atoms with E-state index in [1.54, 1.807) is 24.3 Å². The first-order valence-electron chi connectivity index (χ1n) is 4.31. The Labute approximate surface area is 83.1 Å². The number of rotatable bonds is 3. The van der Waals surface area contributed by atoms with Crippen molar-refractivity contribution in [1.29, 1.82) is 0 Å². The molecule has 1 rings (SSSR count). The highest BCUT2D eigenvalue weighted by molar-refractivity contribution is 5.18. The van der Waals surface area contributed by atoms with Gasteiger partial charge in [0.15, 0.2) is 0 Å². The van der Waals surface area contributed by atoms with Gasteiger partial charge in [0.25, 0.3) is 0 Å². The molecule has 4 N–H and O–H groups in total. The molecule has 0 unspecified atom stereocenters. The molecule has 1 aromatic rings. The third kappa shape index (κ3) is 6.42. The van der Waals surface area contributed by atoms with Crippen molar-refractivity contribution in [2.24, 2.45) is 5.92 Å². The van der Waals surface area contributed by atoms with Gasteiger partial charge in [0.2, 0.25) is 0 Å². The zero-order chi connectivity index (χ0) is 10.8. The first-order chi connectivity index (χ1) is 6.74. The molecule has 1 aromatic carbocycles. The molecule has 0 spiro atoms. The van der Waals surface area contributed by atoms with Crippen LogP contribution in [-0.2, 0) is 0 Å². The van der Waals surface area contributed by atoms with Crippen LogP contribution in [0.5, 0.6) is 5.75 Å². The molecular weight excluding hydrogens is 184 g/mol. The zero-order valence-electron chi connectivity index (χ0n) is 7.87. The predicted octanol–water partition coefficient (Wildman–Crippen LogP) is -0.0283. The highest BCUT2D eigenvalue weighted by Gasteiger charge is 2.00. The van der Waals surface area contributed by atoms with Gasteiger partial charge in [0.1, 0.15) is 5.75 Å². The van der Waals surface area contributed by atoms with Crippen LogP contribution >= 0.6 is 0 Å². The smallest absolute Gasteiger partial charge is 0.115 e. The maximum absolute atomic E-state index is 8.63. The molecule has 0 heterocycles. The molecule has 0 saturated heterocycles. The number of aliphatic hydroxyl groups excluding tert-OH is 3. The van der Waals surface area contributed by atoms with E-state index >= 15 is 0 Å². The molecule has 0 amide bonds. The lowest BCUT2D eigenvalue weighted by Crippen LogP contribution is -2.14. The average molecular weight is 200 g/mol. The maximum atomic E-state index is 8.63. The van der Waals surface area contributed by atoms with Gasteiger partial charge in [0.05, 0.1) is 19.8 Å². The summed E-state index contributed by atoms with van der Waals surface area (Å²) in [7, 11) is 0. The van der Waals surface area contributed by atoms with E-state index in [4.69, 9.17) is 20.4 Å². The van der Waals surface area contributed by atoms with Crippen molar-refractivity contribution in [2.45, 2.75) is 0 Å². The second kappa shape index (κ2) is 8.50. The minimum Gasteiger partial charge on any atom is -0.508 e. The van der Waals surface area contributed by atoms with Crippen LogP contribution < -0.4 is 0 Å². The van der Waals surface area contributed by atoms with Crippen LogP contribution in [0.4, 0.5) is 0 Å².